The predicted octanol–water partition coefficient (Wildman–Crippen LogP) is 4.19. The second-order valence-electron chi connectivity index (χ2n) is 6.48. The van der Waals surface area contributed by atoms with Crippen LogP contribution in [0.1, 0.15) is 5.56 Å². The number of anilines is 1. The molecule has 0 amide bonds. The molecule has 0 bridgehead atoms. The molecule has 0 aromatic heterocycles. The van der Waals surface area contributed by atoms with Crippen molar-refractivity contribution in [3.8, 4) is 0 Å². The Morgan fingerprint density at radius 1 is 1.14 bits per heavy atom. The van der Waals surface area contributed by atoms with Crippen molar-refractivity contribution < 1.29 is 4.79 Å². The van der Waals surface area contributed by atoms with Crippen LogP contribution in [0.4, 0.5) is 5.69 Å². The summed E-state index contributed by atoms with van der Waals surface area (Å²) >= 11 is 12.4. The lowest BCUT2D eigenvalue weighted by molar-refractivity contribution is -0.0979. The Hall–Kier alpha value is -2.76. The molecule has 2 N–H and O–H groups in total. The monoisotopic (exact) mass is 428 g/mol. The smallest absolute Gasteiger partial charge is 0.126 e. The number of amidine groups is 1. The van der Waals surface area contributed by atoms with E-state index < -0.39 is 0 Å². The molecule has 1 atom stereocenters. The molecule has 0 spiro atoms. The number of benzene rings is 2. The van der Waals surface area contributed by atoms with Gasteiger partial charge in [-0.05, 0) is 41.6 Å². The van der Waals surface area contributed by atoms with E-state index in [1.165, 1.54) is 11.1 Å². The van der Waals surface area contributed by atoms with Gasteiger partial charge in [-0.3, -0.25) is 0 Å². The lowest BCUT2D eigenvalue weighted by Crippen LogP contribution is -2.45. The first-order valence-corrected chi connectivity index (χ1v) is 9.89. The van der Waals surface area contributed by atoms with Crippen LogP contribution in [0, 0.1) is 0 Å². The van der Waals surface area contributed by atoms with Gasteiger partial charge < -0.3 is 20.3 Å². The molecule has 2 aliphatic rings. The van der Waals surface area contributed by atoms with Gasteiger partial charge in [0.1, 0.15) is 25.3 Å². The van der Waals surface area contributed by atoms with E-state index in [0.717, 1.165) is 24.6 Å². The first-order valence-electron chi connectivity index (χ1n) is 9.14. The number of carbonyl (C=O) groups is 1. The number of aliphatic imine (C=N–C) groups is 1. The lowest BCUT2D eigenvalue weighted by atomic mass is 10.0. The van der Waals surface area contributed by atoms with Crippen molar-refractivity contribution in [2.45, 2.75) is 12.6 Å². The summed E-state index contributed by atoms with van der Waals surface area (Å²) in [7, 11) is 0. The maximum absolute atomic E-state index is 8.00. The van der Waals surface area contributed by atoms with Gasteiger partial charge in [0, 0.05) is 18.8 Å². The van der Waals surface area contributed by atoms with Gasteiger partial charge in [-0.25, -0.2) is 4.99 Å². The third kappa shape index (κ3) is 5.00. The predicted molar refractivity (Wildman–Crippen MR) is 121 cm³/mol. The minimum Gasteiger partial charge on any atom is -0.387 e. The summed E-state index contributed by atoms with van der Waals surface area (Å²) in [5, 5.41) is 7.93. The van der Waals surface area contributed by atoms with E-state index >= 15 is 0 Å². The van der Waals surface area contributed by atoms with Crippen molar-refractivity contribution in [3.63, 3.8) is 0 Å². The van der Waals surface area contributed by atoms with E-state index in [9.17, 15) is 0 Å². The normalized spacial score (nSPS) is 17.6. The highest BCUT2D eigenvalue weighted by atomic mass is 35.5. The number of carbonyl (C=O) groups excluding carboxylic acids is 1. The van der Waals surface area contributed by atoms with Crippen molar-refractivity contribution >= 4 is 41.5 Å². The van der Waals surface area contributed by atoms with Crippen molar-refractivity contribution in [3.05, 3.63) is 88.1 Å². The van der Waals surface area contributed by atoms with Gasteiger partial charge >= 0.3 is 0 Å². The van der Waals surface area contributed by atoms with Gasteiger partial charge in [0.15, 0.2) is 0 Å². The second-order valence-corrected chi connectivity index (χ2v) is 7.29. The van der Waals surface area contributed by atoms with E-state index in [-0.39, 0.29) is 6.04 Å². The zero-order valence-corrected chi connectivity index (χ0v) is 17.3. The summed E-state index contributed by atoms with van der Waals surface area (Å²) in [4.78, 5) is 15.0. The molecule has 2 aromatic carbocycles. The number of hydrogen-bond donors (Lipinski definition) is 2. The molecule has 0 saturated heterocycles. The van der Waals surface area contributed by atoms with Crippen LogP contribution < -0.4 is 15.5 Å². The van der Waals surface area contributed by atoms with Crippen molar-refractivity contribution in [1.82, 2.24) is 10.6 Å². The molecular formula is C22H22Cl2N4O. The van der Waals surface area contributed by atoms with Crippen molar-refractivity contribution in [1.29, 1.82) is 0 Å². The summed E-state index contributed by atoms with van der Waals surface area (Å²) in [5.41, 5.74) is 3.48. The standard InChI is InChI=1S/C21H20Cl2N4.CH2O/c22-18-9-8-17(11-19(18)23)27-14-26-21(20(27)16-7-4-10-24-13-16)25-12-15-5-2-1-3-6-15;1-2/h1-11,20,24H,12-14H2,(H,25,26);1H2. The quantitative estimate of drug-likeness (QED) is 0.766. The van der Waals surface area contributed by atoms with E-state index in [4.69, 9.17) is 33.0 Å². The molecule has 0 saturated carbocycles. The third-order valence-corrected chi connectivity index (χ3v) is 5.44. The molecule has 0 aliphatic carbocycles. The van der Waals surface area contributed by atoms with Crippen LogP contribution in [-0.2, 0) is 11.3 Å². The van der Waals surface area contributed by atoms with Gasteiger partial charge in [0.25, 0.3) is 0 Å². The maximum atomic E-state index is 8.00. The van der Waals surface area contributed by atoms with Crippen LogP contribution >= 0.6 is 23.2 Å². The van der Waals surface area contributed by atoms with Crippen LogP contribution in [0.3, 0.4) is 0 Å². The Labute approximate surface area is 180 Å². The minimum absolute atomic E-state index is 0.0309. The summed E-state index contributed by atoms with van der Waals surface area (Å²) < 4.78 is 0. The fourth-order valence-electron chi connectivity index (χ4n) is 3.34. The molecule has 5 nitrogen and oxygen atoms in total. The summed E-state index contributed by atoms with van der Waals surface area (Å²) in [6.07, 6.45) is 6.13. The first kappa shape index (κ1) is 21.0. The van der Waals surface area contributed by atoms with Gasteiger partial charge in [0.05, 0.1) is 10.0 Å². The third-order valence-electron chi connectivity index (χ3n) is 4.70. The number of halogens is 2. The summed E-state index contributed by atoms with van der Waals surface area (Å²) in [6, 6.07) is 16.1. The van der Waals surface area contributed by atoms with Crippen LogP contribution in [0.5, 0.6) is 0 Å². The van der Waals surface area contributed by atoms with Gasteiger partial charge in [0.2, 0.25) is 0 Å². The molecule has 0 radical (unpaired) electrons. The minimum atomic E-state index is 0.0309. The molecule has 2 aromatic rings. The average molecular weight is 429 g/mol. The maximum Gasteiger partial charge on any atom is 0.126 e. The van der Waals surface area contributed by atoms with Crippen LogP contribution in [0.25, 0.3) is 0 Å². The second kappa shape index (κ2) is 10.1. The molecule has 2 heterocycles. The van der Waals surface area contributed by atoms with Gasteiger partial charge in [-0.1, -0.05) is 59.6 Å². The van der Waals surface area contributed by atoms with E-state index in [1.807, 2.05) is 55.5 Å². The number of dihydropyridines is 1. The SMILES string of the molecule is C=O.Clc1ccc(N2CN=C(NCc3ccccc3)C2C2=CC=CNC2)cc1Cl. The first-order chi connectivity index (χ1) is 14.2. The molecule has 150 valence electrons. The van der Waals surface area contributed by atoms with Crippen molar-refractivity contribution in [2.75, 3.05) is 18.1 Å². The van der Waals surface area contributed by atoms with Gasteiger partial charge in [-0.2, -0.15) is 0 Å². The van der Waals surface area contributed by atoms with Crippen molar-refractivity contribution in [2.24, 2.45) is 4.99 Å². The molecule has 0 fully saturated rings. The van der Waals surface area contributed by atoms with Crippen LogP contribution in [-0.4, -0.2) is 31.9 Å². The Balaban J connectivity index is 0.00000117. The Kier molecular flexibility index (Phi) is 7.33. The van der Waals surface area contributed by atoms with E-state index in [2.05, 4.69) is 33.7 Å². The van der Waals surface area contributed by atoms with Crippen LogP contribution in [0.2, 0.25) is 10.0 Å². The molecular weight excluding hydrogens is 407 g/mol. The molecule has 29 heavy (non-hydrogen) atoms. The fourth-order valence-corrected chi connectivity index (χ4v) is 3.63. The number of allylic oxidation sites excluding steroid dienone is 2. The molecule has 1 unspecified atom stereocenters. The highest BCUT2D eigenvalue weighted by Crippen LogP contribution is 2.31. The molecule has 7 heteroatoms. The van der Waals surface area contributed by atoms with Gasteiger partial charge in [-0.15, -0.1) is 0 Å². The Morgan fingerprint density at radius 2 is 1.93 bits per heavy atom. The largest absolute Gasteiger partial charge is 0.387 e. The average Bonchev–Trinajstić information content (AvgIpc) is 3.21. The Morgan fingerprint density at radius 3 is 2.62 bits per heavy atom. The molecule has 2 aliphatic heterocycles. The lowest BCUT2D eigenvalue weighted by Gasteiger charge is -2.30. The fraction of sp³-hybridized carbons (Fsp3) is 0.182. The number of rotatable bonds is 4. The molecule has 4 rings (SSSR count). The highest BCUT2D eigenvalue weighted by Gasteiger charge is 2.32. The number of hydrogen-bond acceptors (Lipinski definition) is 5. The highest BCUT2D eigenvalue weighted by molar-refractivity contribution is 6.42. The zero-order chi connectivity index (χ0) is 20.6. The van der Waals surface area contributed by atoms with Crippen LogP contribution in [0.15, 0.2) is 77.4 Å². The van der Waals surface area contributed by atoms with E-state index in [0.29, 0.717) is 16.7 Å². The topological polar surface area (TPSA) is 56.7 Å². The number of nitrogens with one attached hydrogen (secondary N) is 2. The Bertz CT molecular complexity index is 928. The zero-order valence-electron chi connectivity index (χ0n) is 15.8. The summed E-state index contributed by atoms with van der Waals surface area (Å²) in [5.74, 6) is 0.966. The number of nitrogens with zero attached hydrogens (tertiary/aromatic N) is 2. The summed E-state index contributed by atoms with van der Waals surface area (Å²) in [6.45, 7) is 4.09. The van der Waals surface area contributed by atoms with E-state index in [1.54, 1.807) is 0 Å².